The van der Waals surface area contributed by atoms with Crippen LogP contribution in [0, 0.1) is 5.82 Å². The van der Waals surface area contributed by atoms with Gasteiger partial charge in [-0.1, -0.05) is 97.3 Å². The summed E-state index contributed by atoms with van der Waals surface area (Å²) in [6.45, 7) is 4.88. The number of carbonyl (C=O) groups excluding carboxylic acids is 2. The van der Waals surface area contributed by atoms with Crippen LogP contribution in [0.4, 0.5) is 4.39 Å². The van der Waals surface area contributed by atoms with Gasteiger partial charge in [0.1, 0.15) is 5.75 Å². The van der Waals surface area contributed by atoms with Gasteiger partial charge in [-0.3, -0.25) is 4.79 Å². The van der Waals surface area contributed by atoms with Crippen molar-refractivity contribution in [3.05, 3.63) is 59.4 Å². The van der Waals surface area contributed by atoms with E-state index in [1.807, 2.05) is 0 Å². The Balaban J connectivity index is 1.70. The first kappa shape index (κ1) is 31.5. The van der Waals surface area contributed by atoms with Crippen LogP contribution in [0.3, 0.4) is 0 Å². The summed E-state index contributed by atoms with van der Waals surface area (Å²) >= 11 is 0. The minimum atomic E-state index is -0.652. The maximum atomic E-state index is 14.5. The number of halogens is 1. The molecule has 2 aromatic rings. The summed E-state index contributed by atoms with van der Waals surface area (Å²) in [6, 6.07) is 10.7. The van der Waals surface area contributed by atoms with Crippen molar-refractivity contribution in [3.8, 4) is 11.5 Å². The third-order valence-corrected chi connectivity index (χ3v) is 6.82. The first-order valence-corrected chi connectivity index (χ1v) is 14.8. The van der Waals surface area contributed by atoms with Crippen LogP contribution < -0.4 is 9.47 Å². The molecule has 0 saturated carbocycles. The van der Waals surface area contributed by atoms with Crippen LogP contribution in [-0.2, 0) is 0 Å². The Hall–Kier alpha value is -2.69. The lowest BCUT2D eigenvalue weighted by Gasteiger charge is -2.09. The van der Waals surface area contributed by atoms with E-state index < -0.39 is 11.8 Å². The molecule has 0 atom stereocenters. The van der Waals surface area contributed by atoms with Crippen molar-refractivity contribution in [2.75, 3.05) is 6.61 Å². The summed E-state index contributed by atoms with van der Waals surface area (Å²) in [4.78, 5) is 24.9. The zero-order valence-corrected chi connectivity index (χ0v) is 23.6. The van der Waals surface area contributed by atoms with Crippen LogP contribution in [0.25, 0.3) is 0 Å². The van der Waals surface area contributed by atoms with E-state index in [1.54, 1.807) is 24.3 Å². The van der Waals surface area contributed by atoms with Gasteiger partial charge < -0.3 is 9.47 Å². The van der Waals surface area contributed by atoms with E-state index in [-0.39, 0.29) is 17.1 Å². The number of unbranched alkanes of at least 4 members (excludes halogenated alkanes) is 13. The fourth-order valence-electron chi connectivity index (χ4n) is 4.42. The standard InChI is InChI=1S/C33H47FO4/c1-3-5-7-9-11-13-15-17-25-37-32-24-21-28(26-30(32)34)33(36)38-29-22-19-27(20-23-29)31(35)18-16-14-12-10-8-6-4-2/h19-24,26H,3-18,25H2,1-2H3. The van der Waals surface area contributed by atoms with Crippen LogP contribution in [0.5, 0.6) is 11.5 Å². The summed E-state index contributed by atoms with van der Waals surface area (Å²) in [5.74, 6) is -0.668. The van der Waals surface area contributed by atoms with Crippen molar-refractivity contribution < 1.29 is 23.5 Å². The van der Waals surface area contributed by atoms with Gasteiger partial charge in [0.2, 0.25) is 0 Å². The highest BCUT2D eigenvalue weighted by Crippen LogP contribution is 2.21. The van der Waals surface area contributed by atoms with E-state index in [4.69, 9.17) is 9.47 Å². The fraction of sp³-hybridized carbons (Fsp3) is 0.576. The molecule has 0 bridgehead atoms. The van der Waals surface area contributed by atoms with Gasteiger partial charge in [0.15, 0.2) is 17.3 Å². The Bertz CT molecular complexity index is 939. The number of esters is 1. The molecule has 38 heavy (non-hydrogen) atoms. The molecule has 4 nitrogen and oxygen atoms in total. The zero-order valence-electron chi connectivity index (χ0n) is 23.6. The molecule has 5 heteroatoms. The van der Waals surface area contributed by atoms with E-state index in [1.165, 1.54) is 82.8 Å². The second-order valence-corrected chi connectivity index (χ2v) is 10.2. The monoisotopic (exact) mass is 526 g/mol. The number of ether oxygens (including phenoxy) is 2. The van der Waals surface area contributed by atoms with Gasteiger partial charge in [0.05, 0.1) is 12.2 Å². The maximum Gasteiger partial charge on any atom is 0.343 e. The van der Waals surface area contributed by atoms with Gasteiger partial charge in [-0.2, -0.15) is 0 Å². The normalized spacial score (nSPS) is 10.9. The van der Waals surface area contributed by atoms with Gasteiger partial charge in [-0.05, 0) is 55.3 Å². The van der Waals surface area contributed by atoms with Crippen molar-refractivity contribution in [2.45, 2.75) is 117 Å². The molecule has 2 rings (SSSR count). The molecule has 0 radical (unpaired) electrons. The van der Waals surface area contributed by atoms with E-state index >= 15 is 0 Å². The predicted octanol–water partition coefficient (Wildman–Crippen LogP) is 9.89. The quantitative estimate of drug-likeness (QED) is 0.0703. The molecule has 0 spiro atoms. The summed E-state index contributed by atoms with van der Waals surface area (Å²) in [5, 5.41) is 0. The third-order valence-electron chi connectivity index (χ3n) is 6.82. The largest absolute Gasteiger partial charge is 0.491 e. The Morgan fingerprint density at radius 3 is 1.76 bits per heavy atom. The minimum absolute atomic E-state index is 0.0982. The van der Waals surface area contributed by atoms with E-state index in [2.05, 4.69) is 13.8 Å². The molecule has 0 aliphatic carbocycles. The van der Waals surface area contributed by atoms with Crippen LogP contribution in [0.1, 0.15) is 137 Å². The van der Waals surface area contributed by atoms with Gasteiger partial charge in [0.25, 0.3) is 0 Å². The highest BCUT2D eigenvalue weighted by atomic mass is 19.1. The molecule has 0 aromatic heterocycles. The van der Waals surface area contributed by atoms with Gasteiger partial charge in [0, 0.05) is 12.0 Å². The molecule has 0 amide bonds. The molecule has 0 saturated heterocycles. The molecule has 2 aromatic carbocycles. The average molecular weight is 527 g/mol. The molecule has 210 valence electrons. The third kappa shape index (κ3) is 12.7. The average Bonchev–Trinajstić information content (AvgIpc) is 2.92. The van der Waals surface area contributed by atoms with Gasteiger partial charge >= 0.3 is 5.97 Å². The predicted molar refractivity (Wildman–Crippen MR) is 153 cm³/mol. The van der Waals surface area contributed by atoms with Gasteiger partial charge in [-0.15, -0.1) is 0 Å². The fourth-order valence-corrected chi connectivity index (χ4v) is 4.42. The number of rotatable bonds is 21. The minimum Gasteiger partial charge on any atom is -0.491 e. The van der Waals surface area contributed by atoms with Crippen molar-refractivity contribution in [1.29, 1.82) is 0 Å². The van der Waals surface area contributed by atoms with E-state index in [9.17, 15) is 14.0 Å². The SMILES string of the molecule is CCCCCCCCCCOc1ccc(C(=O)Oc2ccc(C(=O)CCCCCCCCC)cc2)cc1F. The molecular formula is C33H47FO4. The Morgan fingerprint density at radius 2 is 1.18 bits per heavy atom. The zero-order chi connectivity index (χ0) is 27.4. The number of carbonyl (C=O) groups is 2. The molecule has 0 fully saturated rings. The van der Waals surface area contributed by atoms with Crippen LogP contribution >= 0.6 is 0 Å². The summed E-state index contributed by atoms with van der Waals surface area (Å²) < 4.78 is 25.4. The lowest BCUT2D eigenvalue weighted by Crippen LogP contribution is -2.09. The maximum absolute atomic E-state index is 14.5. The van der Waals surface area contributed by atoms with Crippen molar-refractivity contribution in [2.24, 2.45) is 0 Å². The Labute approximate surface area is 229 Å². The van der Waals surface area contributed by atoms with Crippen LogP contribution in [0.2, 0.25) is 0 Å². The van der Waals surface area contributed by atoms with Crippen molar-refractivity contribution in [3.63, 3.8) is 0 Å². The first-order valence-electron chi connectivity index (χ1n) is 14.8. The highest BCUT2D eigenvalue weighted by Gasteiger charge is 2.14. The smallest absolute Gasteiger partial charge is 0.343 e. The molecule has 0 aliphatic heterocycles. The highest BCUT2D eigenvalue weighted by molar-refractivity contribution is 5.96. The topological polar surface area (TPSA) is 52.6 Å². The Morgan fingerprint density at radius 1 is 0.658 bits per heavy atom. The molecular weight excluding hydrogens is 479 g/mol. The second-order valence-electron chi connectivity index (χ2n) is 10.2. The number of ketones is 1. The first-order chi connectivity index (χ1) is 18.5. The Kier molecular flexibility index (Phi) is 16.1. The molecule has 0 heterocycles. The number of hydrogen-bond acceptors (Lipinski definition) is 4. The molecule has 0 aliphatic rings. The molecule has 0 unspecified atom stereocenters. The van der Waals surface area contributed by atoms with Crippen molar-refractivity contribution >= 4 is 11.8 Å². The summed E-state index contributed by atoms with van der Waals surface area (Å²) in [6.07, 6.45) is 18.2. The van der Waals surface area contributed by atoms with Crippen LogP contribution in [-0.4, -0.2) is 18.4 Å². The van der Waals surface area contributed by atoms with Gasteiger partial charge in [-0.25, -0.2) is 9.18 Å². The van der Waals surface area contributed by atoms with E-state index in [0.717, 1.165) is 31.7 Å². The number of Topliss-reactive ketones (excluding diaryl/α,β-unsaturated/α-hetero) is 1. The van der Waals surface area contributed by atoms with E-state index in [0.29, 0.717) is 24.3 Å². The number of benzene rings is 2. The number of hydrogen-bond donors (Lipinski definition) is 0. The lowest BCUT2D eigenvalue weighted by atomic mass is 10.0. The molecule has 0 N–H and O–H groups in total. The summed E-state index contributed by atoms with van der Waals surface area (Å²) in [5.41, 5.74) is 0.723. The second kappa shape index (κ2) is 19.4. The summed E-state index contributed by atoms with van der Waals surface area (Å²) in [7, 11) is 0. The van der Waals surface area contributed by atoms with Crippen LogP contribution in [0.15, 0.2) is 42.5 Å². The lowest BCUT2D eigenvalue weighted by molar-refractivity contribution is 0.0734. The van der Waals surface area contributed by atoms with Crippen molar-refractivity contribution in [1.82, 2.24) is 0 Å².